The Bertz CT molecular complexity index is 395. The van der Waals surface area contributed by atoms with Crippen molar-refractivity contribution in [3.8, 4) is 0 Å². The Kier molecular flexibility index (Phi) is 3.74. The Morgan fingerprint density at radius 3 is 2.82 bits per heavy atom. The number of hydrogen-bond acceptors (Lipinski definition) is 2. The minimum atomic E-state index is -0.528. The molecule has 0 bridgehead atoms. The highest BCUT2D eigenvalue weighted by Crippen LogP contribution is 2.20. The second-order valence-electron chi connectivity index (χ2n) is 4.84. The molecule has 0 spiro atoms. The summed E-state index contributed by atoms with van der Waals surface area (Å²) in [6.45, 7) is 3.50. The fourth-order valence-electron chi connectivity index (χ4n) is 2.36. The lowest BCUT2D eigenvalue weighted by Crippen LogP contribution is -2.45. The molecule has 1 aromatic rings. The molecule has 1 heterocycles. The maximum absolute atomic E-state index is 13.5. The Balaban J connectivity index is 2.05. The Hall–Kier alpha value is -1.00. The zero-order chi connectivity index (χ0) is 12.4. The normalized spacial score (nSPS) is 26.1. The highest BCUT2D eigenvalue weighted by Gasteiger charge is 2.23. The van der Waals surface area contributed by atoms with Gasteiger partial charge in [-0.1, -0.05) is 6.07 Å². The molecule has 1 aromatic carbocycles. The van der Waals surface area contributed by atoms with Gasteiger partial charge in [-0.3, -0.25) is 4.90 Å². The van der Waals surface area contributed by atoms with Gasteiger partial charge in [-0.05, 0) is 25.8 Å². The smallest absolute Gasteiger partial charge is 0.130 e. The first-order valence-electron chi connectivity index (χ1n) is 6.00. The number of rotatable bonds is 2. The Morgan fingerprint density at radius 2 is 2.18 bits per heavy atom. The van der Waals surface area contributed by atoms with Gasteiger partial charge < -0.3 is 5.73 Å². The number of likely N-dealkylation sites (tertiary alicyclic amines) is 1. The van der Waals surface area contributed by atoms with Gasteiger partial charge >= 0.3 is 0 Å². The number of piperidine rings is 1. The second kappa shape index (κ2) is 5.10. The van der Waals surface area contributed by atoms with Crippen molar-refractivity contribution in [2.24, 2.45) is 5.73 Å². The molecule has 2 nitrogen and oxygen atoms in total. The van der Waals surface area contributed by atoms with E-state index in [2.05, 4.69) is 11.8 Å². The molecule has 2 N–H and O–H groups in total. The quantitative estimate of drug-likeness (QED) is 0.859. The molecule has 1 saturated heterocycles. The highest BCUT2D eigenvalue weighted by atomic mass is 19.1. The maximum atomic E-state index is 13.5. The van der Waals surface area contributed by atoms with Crippen molar-refractivity contribution in [3.63, 3.8) is 0 Å². The molecular formula is C13H18F2N2. The van der Waals surface area contributed by atoms with Crippen molar-refractivity contribution in [2.45, 2.75) is 38.4 Å². The van der Waals surface area contributed by atoms with E-state index in [1.807, 2.05) is 0 Å². The molecule has 0 aliphatic carbocycles. The number of hydrogen-bond donors (Lipinski definition) is 1. The summed E-state index contributed by atoms with van der Waals surface area (Å²) in [5.74, 6) is -0.993. The summed E-state index contributed by atoms with van der Waals surface area (Å²) >= 11 is 0. The molecule has 1 fully saturated rings. The van der Waals surface area contributed by atoms with E-state index in [0.29, 0.717) is 18.2 Å². The van der Waals surface area contributed by atoms with Crippen LogP contribution in [-0.2, 0) is 6.54 Å². The van der Waals surface area contributed by atoms with E-state index in [-0.39, 0.29) is 6.04 Å². The third-order valence-electron chi connectivity index (χ3n) is 3.44. The average molecular weight is 240 g/mol. The SMILES string of the molecule is CC1CC(N)CCN1Cc1ccc(F)cc1F. The minimum absolute atomic E-state index is 0.249. The van der Waals surface area contributed by atoms with Crippen molar-refractivity contribution in [1.29, 1.82) is 0 Å². The molecular weight excluding hydrogens is 222 g/mol. The van der Waals surface area contributed by atoms with E-state index in [4.69, 9.17) is 5.73 Å². The first kappa shape index (κ1) is 12.5. The van der Waals surface area contributed by atoms with E-state index in [1.165, 1.54) is 12.1 Å². The lowest BCUT2D eigenvalue weighted by atomic mass is 9.98. The van der Waals surface area contributed by atoms with E-state index in [9.17, 15) is 8.78 Å². The van der Waals surface area contributed by atoms with E-state index < -0.39 is 11.6 Å². The van der Waals surface area contributed by atoms with Crippen LogP contribution in [0.2, 0.25) is 0 Å². The van der Waals surface area contributed by atoms with Crippen LogP contribution in [0, 0.1) is 11.6 Å². The van der Waals surface area contributed by atoms with Crippen LogP contribution in [0.15, 0.2) is 18.2 Å². The van der Waals surface area contributed by atoms with Gasteiger partial charge in [0.25, 0.3) is 0 Å². The largest absolute Gasteiger partial charge is 0.328 e. The molecule has 94 valence electrons. The second-order valence-corrected chi connectivity index (χ2v) is 4.84. The van der Waals surface area contributed by atoms with Crippen LogP contribution in [0.4, 0.5) is 8.78 Å². The lowest BCUT2D eigenvalue weighted by molar-refractivity contribution is 0.138. The van der Waals surface area contributed by atoms with Crippen molar-refractivity contribution < 1.29 is 8.78 Å². The monoisotopic (exact) mass is 240 g/mol. The van der Waals surface area contributed by atoms with Gasteiger partial charge in [0.15, 0.2) is 0 Å². The van der Waals surface area contributed by atoms with Gasteiger partial charge in [-0.15, -0.1) is 0 Å². The minimum Gasteiger partial charge on any atom is -0.328 e. The van der Waals surface area contributed by atoms with Crippen LogP contribution in [0.3, 0.4) is 0 Å². The highest BCUT2D eigenvalue weighted by molar-refractivity contribution is 5.18. The molecule has 2 rings (SSSR count). The van der Waals surface area contributed by atoms with E-state index in [1.54, 1.807) is 0 Å². The summed E-state index contributed by atoms with van der Waals surface area (Å²) in [4.78, 5) is 2.19. The zero-order valence-electron chi connectivity index (χ0n) is 10.00. The van der Waals surface area contributed by atoms with Gasteiger partial charge in [0.05, 0.1) is 0 Å². The van der Waals surface area contributed by atoms with Crippen LogP contribution in [-0.4, -0.2) is 23.5 Å². The third kappa shape index (κ3) is 3.01. The van der Waals surface area contributed by atoms with Gasteiger partial charge in [0, 0.05) is 36.8 Å². The van der Waals surface area contributed by atoms with Gasteiger partial charge in [0.2, 0.25) is 0 Å². The van der Waals surface area contributed by atoms with Crippen molar-refractivity contribution in [2.75, 3.05) is 6.54 Å². The molecule has 0 saturated carbocycles. The van der Waals surface area contributed by atoms with Gasteiger partial charge in [-0.2, -0.15) is 0 Å². The standard InChI is InChI=1S/C13H18F2N2/c1-9-6-12(16)4-5-17(9)8-10-2-3-11(14)7-13(10)15/h2-3,7,9,12H,4-6,8,16H2,1H3. The van der Waals surface area contributed by atoms with Gasteiger partial charge in [-0.25, -0.2) is 8.78 Å². The van der Waals surface area contributed by atoms with E-state index in [0.717, 1.165) is 25.5 Å². The molecule has 1 aliphatic heterocycles. The van der Waals surface area contributed by atoms with Crippen LogP contribution >= 0.6 is 0 Å². The molecule has 0 radical (unpaired) electrons. The third-order valence-corrected chi connectivity index (χ3v) is 3.44. The first-order chi connectivity index (χ1) is 8.06. The number of nitrogens with zero attached hydrogens (tertiary/aromatic N) is 1. The molecule has 17 heavy (non-hydrogen) atoms. The molecule has 2 atom stereocenters. The summed E-state index contributed by atoms with van der Waals surface area (Å²) < 4.78 is 26.3. The molecule has 0 aromatic heterocycles. The number of halogens is 2. The number of benzene rings is 1. The Labute approximate surface area is 100 Å². The summed E-state index contributed by atoms with van der Waals surface area (Å²) in [6.07, 6.45) is 1.87. The van der Waals surface area contributed by atoms with Crippen molar-refractivity contribution in [1.82, 2.24) is 4.90 Å². The van der Waals surface area contributed by atoms with Crippen molar-refractivity contribution >= 4 is 0 Å². The van der Waals surface area contributed by atoms with Gasteiger partial charge in [0.1, 0.15) is 11.6 Å². The average Bonchev–Trinajstić information content (AvgIpc) is 2.25. The molecule has 1 aliphatic rings. The van der Waals surface area contributed by atoms with Crippen LogP contribution in [0.5, 0.6) is 0 Å². The Morgan fingerprint density at radius 1 is 1.41 bits per heavy atom. The molecule has 2 unspecified atom stereocenters. The summed E-state index contributed by atoms with van der Waals surface area (Å²) in [6, 6.07) is 4.36. The lowest BCUT2D eigenvalue weighted by Gasteiger charge is -2.36. The maximum Gasteiger partial charge on any atom is 0.130 e. The predicted octanol–water partition coefficient (Wildman–Crippen LogP) is 2.28. The summed E-state index contributed by atoms with van der Waals surface area (Å²) in [5, 5.41) is 0. The topological polar surface area (TPSA) is 29.3 Å². The van der Waals surface area contributed by atoms with Crippen LogP contribution in [0.25, 0.3) is 0 Å². The number of nitrogens with two attached hydrogens (primary N) is 1. The van der Waals surface area contributed by atoms with E-state index >= 15 is 0 Å². The summed E-state index contributed by atoms with van der Waals surface area (Å²) in [5.41, 5.74) is 6.43. The fourth-order valence-corrected chi connectivity index (χ4v) is 2.36. The van der Waals surface area contributed by atoms with Crippen molar-refractivity contribution in [3.05, 3.63) is 35.4 Å². The van der Waals surface area contributed by atoms with Crippen LogP contribution in [0.1, 0.15) is 25.3 Å². The summed E-state index contributed by atoms with van der Waals surface area (Å²) in [7, 11) is 0. The first-order valence-corrected chi connectivity index (χ1v) is 6.00. The van der Waals surface area contributed by atoms with Crippen LogP contribution < -0.4 is 5.73 Å². The zero-order valence-corrected chi connectivity index (χ0v) is 10.00. The fraction of sp³-hybridized carbons (Fsp3) is 0.538. The molecule has 4 heteroatoms. The molecule has 0 amide bonds. The predicted molar refractivity (Wildman–Crippen MR) is 63.4 cm³/mol.